The van der Waals surface area contributed by atoms with Gasteiger partial charge in [0, 0.05) is 43.8 Å². The number of hydrogen-bond acceptors (Lipinski definition) is 5. The number of pyridine rings is 1. The van der Waals surface area contributed by atoms with Crippen LogP contribution in [0.25, 0.3) is 44.3 Å². The van der Waals surface area contributed by atoms with E-state index < -0.39 is 0 Å². The first kappa shape index (κ1) is 27.5. The van der Waals surface area contributed by atoms with E-state index in [2.05, 4.69) is 48.1 Å². The lowest BCUT2D eigenvalue weighted by Gasteiger charge is -2.13. The molecular weight excluding hydrogens is 645 g/mol. The van der Waals surface area contributed by atoms with E-state index in [0.717, 1.165) is 54.4 Å². The second-order valence-corrected chi connectivity index (χ2v) is 12.1. The smallest absolute Gasteiger partial charge is 0.203 e. The molecule has 0 amide bonds. The van der Waals surface area contributed by atoms with Crippen LogP contribution in [0.5, 0.6) is 0 Å². The van der Waals surface area contributed by atoms with Gasteiger partial charge < -0.3 is 4.57 Å². The van der Waals surface area contributed by atoms with Crippen LogP contribution in [0.2, 0.25) is 5.02 Å². The lowest BCUT2D eigenvalue weighted by atomic mass is 10.1. The number of halogens is 3. The zero-order valence-corrected chi connectivity index (χ0v) is 25.7. The molecule has 1 N–H and O–H groups in total. The van der Waals surface area contributed by atoms with Crippen LogP contribution in [0.1, 0.15) is 11.3 Å². The zero-order chi connectivity index (χ0) is 29.3. The SMILES string of the molecule is Fc1ccc(Cn2c3ccccc3c3cc(/C=N/Nc4nc(-c5ccc(Br)cc5)cs4)nc(-c4ccccc4Cl)c32)cc1. The van der Waals surface area contributed by atoms with Crippen molar-refractivity contribution in [3.05, 3.63) is 135 Å². The highest BCUT2D eigenvalue weighted by Crippen LogP contribution is 2.38. The summed E-state index contributed by atoms with van der Waals surface area (Å²) >= 11 is 11.7. The number of anilines is 1. The summed E-state index contributed by atoms with van der Waals surface area (Å²) in [6.07, 6.45) is 1.70. The molecule has 7 aromatic rings. The van der Waals surface area contributed by atoms with E-state index in [0.29, 0.717) is 22.4 Å². The second-order valence-electron chi connectivity index (χ2n) is 9.92. The molecule has 5 nitrogen and oxygen atoms in total. The number of para-hydroxylation sites is 1. The van der Waals surface area contributed by atoms with Gasteiger partial charge in [-0.15, -0.1) is 11.3 Å². The van der Waals surface area contributed by atoms with E-state index in [1.54, 1.807) is 6.21 Å². The van der Waals surface area contributed by atoms with Crippen LogP contribution in [-0.2, 0) is 6.54 Å². The summed E-state index contributed by atoms with van der Waals surface area (Å²) in [6.45, 7) is 0.545. The normalized spacial score (nSPS) is 11.6. The second kappa shape index (κ2) is 11.7. The van der Waals surface area contributed by atoms with Crippen molar-refractivity contribution in [2.45, 2.75) is 6.54 Å². The molecule has 0 fully saturated rings. The number of rotatable bonds is 7. The molecule has 210 valence electrons. The molecule has 0 bridgehead atoms. The largest absolute Gasteiger partial charge is 0.334 e. The molecule has 43 heavy (non-hydrogen) atoms. The molecule has 7 rings (SSSR count). The highest BCUT2D eigenvalue weighted by Gasteiger charge is 2.19. The van der Waals surface area contributed by atoms with E-state index in [4.69, 9.17) is 16.6 Å². The van der Waals surface area contributed by atoms with Crippen molar-refractivity contribution < 1.29 is 4.39 Å². The Morgan fingerprint density at radius 1 is 0.907 bits per heavy atom. The van der Waals surface area contributed by atoms with E-state index >= 15 is 0 Å². The first-order chi connectivity index (χ1) is 21.0. The van der Waals surface area contributed by atoms with Crippen LogP contribution >= 0.6 is 38.9 Å². The number of hydrogen-bond donors (Lipinski definition) is 1. The van der Waals surface area contributed by atoms with Crippen LogP contribution in [0.3, 0.4) is 0 Å². The Balaban J connectivity index is 1.31. The molecule has 3 heterocycles. The summed E-state index contributed by atoms with van der Waals surface area (Å²) in [5.74, 6) is -0.260. The Bertz CT molecular complexity index is 2120. The van der Waals surface area contributed by atoms with Gasteiger partial charge in [0.05, 0.1) is 33.8 Å². The van der Waals surface area contributed by atoms with Gasteiger partial charge in [-0.25, -0.2) is 14.4 Å². The highest BCUT2D eigenvalue weighted by molar-refractivity contribution is 9.10. The van der Waals surface area contributed by atoms with Gasteiger partial charge in [0.25, 0.3) is 0 Å². The van der Waals surface area contributed by atoms with Crippen LogP contribution in [-0.4, -0.2) is 20.7 Å². The van der Waals surface area contributed by atoms with Gasteiger partial charge in [-0.1, -0.05) is 88.2 Å². The molecule has 0 spiro atoms. The third-order valence-electron chi connectivity index (χ3n) is 7.15. The quantitative estimate of drug-likeness (QED) is 0.136. The minimum atomic E-state index is -0.260. The molecule has 9 heteroatoms. The predicted octanol–water partition coefficient (Wildman–Crippen LogP) is 10.0. The van der Waals surface area contributed by atoms with E-state index in [1.165, 1.54) is 23.5 Å². The predicted molar refractivity (Wildman–Crippen MR) is 180 cm³/mol. The molecule has 0 aliphatic carbocycles. The number of fused-ring (bicyclic) bond motifs is 3. The summed E-state index contributed by atoms with van der Waals surface area (Å²) in [4.78, 5) is 9.73. The number of thiazole rings is 1. The number of nitrogens with zero attached hydrogens (tertiary/aromatic N) is 4. The fourth-order valence-corrected chi connectivity index (χ4v) is 6.33. The molecule has 0 radical (unpaired) electrons. The Morgan fingerprint density at radius 3 is 2.49 bits per heavy atom. The summed E-state index contributed by atoms with van der Waals surface area (Å²) in [6, 6.07) is 32.6. The van der Waals surface area contributed by atoms with Crippen molar-refractivity contribution in [2.75, 3.05) is 5.43 Å². The van der Waals surface area contributed by atoms with E-state index in [-0.39, 0.29) is 5.82 Å². The molecule has 3 aromatic heterocycles. The molecule has 0 saturated carbocycles. The van der Waals surface area contributed by atoms with Gasteiger partial charge >= 0.3 is 0 Å². The maximum atomic E-state index is 13.7. The molecule has 0 atom stereocenters. The molecule has 0 aliphatic rings. The average Bonchev–Trinajstić information content (AvgIpc) is 3.62. The number of nitrogens with one attached hydrogen (secondary N) is 1. The maximum absolute atomic E-state index is 13.7. The molecular formula is C34H22BrClFN5S. The average molecular weight is 667 g/mol. The minimum absolute atomic E-state index is 0.260. The van der Waals surface area contributed by atoms with Gasteiger partial charge in [-0.2, -0.15) is 5.10 Å². The van der Waals surface area contributed by atoms with Crippen LogP contribution < -0.4 is 5.43 Å². The first-order valence-corrected chi connectivity index (χ1v) is 15.5. The van der Waals surface area contributed by atoms with E-state index in [1.807, 2.05) is 84.2 Å². The summed E-state index contributed by atoms with van der Waals surface area (Å²) < 4.78 is 16.9. The maximum Gasteiger partial charge on any atom is 0.203 e. The molecule has 4 aromatic carbocycles. The standard InChI is InChI=1S/C34H22BrClFN5S/c35-23-13-11-22(12-14-23)30-20-43-34(40-30)41-38-18-25-17-28-26-5-2-4-8-31(26)42(19-21-9-15-24(37)16-10-21)33(28)32(39-25)27-6-1-3-7-29(27)36/h1-18,20H,19H2,(H,40,41)/b38-18+. The summed E-state index contributed by atoms with van der Waals surface area (Å²) in [5, 5.41) is 9.87. The van der Waals surface area contributed by atoms with Crippen molar-refractivity contribution in [1.29, 1.82) is 0 Å². The fraction of sp³-hybridized carbons (Fsp3) is 0.0294. The van der Waals surface area contributed by atoms with Crippen molar-refractivity contribution in [3.63, 3.8) is 0 Å². The Labute approximate surface area is 264 Å². The number of hydrazone groups is 1. The fourth-order valence-electron chi connectivity index (χ4n) is 5.17. The van der Waals surface area contributed by atoms with Crippen molar-refractivity contribution in [1.82, 2.24) is 14.5 Å². The Hall–Kier alpha value is -4.37. The zero-order valence-electron chi connectivity index (χ0n) is 22.5. The lowest BCUT2D eigenvalue weighted by molar-refractivity contribution is 0.626. The Morgan fingerprint density at radius 2 is 1.67 bits per heavy atom. The topological polar surface area (TPSA) is 55.1 Å². The minimum Gasteiger partial charge on any atom is -0.334 e. The van der Waals surface area contributed by atoms with E-state index in [9.17, 15) is 4.39 Å². The van der Waals surface area contributed by atoms with Gasteiger partial charge in [-0.05, 0) is 48.0 Å². The Kier molecular flexibility index (Phi) is 7.49. The van der Waals surface area contributed by atoms with Crippen LogP contribution in [0.4, 0.5) is 9.52 Å². The molecule has 0 saturated heterocycles. The third kappa shape index (κ3) is 5.57. The number of aromatic nitrogens is 3. The third-order valence-corrected chi connectivity index (χ3v) is 8.76. The van der Waals surface area contributed by atoms with Gasteiger partial charge in [0.1, 0.15) is 5.82 Å². The molecule has 0 aliphatic heterocycles. The summed E-state index contributed by atoms with van der Waals surface area (Å²) in [5.41, 5.74) is 10.2. The first-order valence-electron chi connectivity index (χ1n) is 13.5. The number of benzene rings is 4. The van der Waals surface area contributed by atoms with Crippen molar-refractivity contribution in [3.8, 4) is 22.5 Å². The van der Waals surface area contributed by atoms with Gasteiger partial charge in [0.15, 0.2) is 0 Å². The molecule has 0 unspecified atom stereocenters. The van der Waals surface area contributed by atoms with Gasteiger partial charge in [0.2, 0.25) is 5.13 Å². The summed E-state index contributed by atoms with van der Waals surface area (Å²) in [7, 11) is 0. The highest BCUT2D eigenvalue weighted by atomic mass is 79.9. The van der Waals surface area contributed by atoms with Crippen LogP contribution in [0, 0.1) is 5.82 Å². The van der Waals surface area contributed by atoms with Crippen molar-refractivity contribution >= 4 is 72.0 Å². The van der Waals surface area contributed by atoms with Gasteiger partial charge in [-0.3, -0.25) is 5.43 Å². The van der Waals surface area contributed by atoms with Crippen LogP contribution in [0.15, 0.2) is 118 Å². The lowest BCUT2D eigenvalue weighted by Crippen LogP contribution is -2.03. The monoisotopic (exact) mass is 665 g/mol. The van der Waals surface area contributed by atoms with Crippen molar-refractivity contribution in [2.24, 2.45) is 5.10 Å².